The first-order valence-corrected chi connectivity index (χ1v) is 4.53. The van der Waals surface area contributed by atoms with Gasteiger partial charge >= 0.3 is 5.97 Å². The van der Waals surface area contributed by atoms with Crippen LogP contribution in [-0.4, -0.2) is 13.2 Å². The minimum absolute atomic E-state index is 0.516. The lowest BCUT2D eigenvalue weighted by molar-refractivity contribution is -0.140. The van der Waals surface area contributed by atoms with Gasteiger partial charge in [-0.1, -0.05) is 47.8 Å². The van der Waals surface area contributed by atoms with Gasteiger partial charge in [0.2, 0.25) is 0 Å². The molecule has 0 saturated heterocycles. The third-order valence-electron chi connectivity index (χ3n) is 0.861. The molecule has 5 heteroatoms. The average Bonchev–Trinajstić information content (AvgIpc) is 1.62. The van der Waals surface area contributed by atoms with Gasteiger partial charge in [-0.2, -0.15) is 0 Å². The monoisotopic (exact) mass is 322 g/mol. The van der Waals surface area contributed by atoms with E-state index < -0.39 is 14.0 Å². The largest absolute Gasteiger partial charge is 0.481 e. The van der Waals surface area contributed by atoms with E-state index in [9.17, 15) is 4.79 Å². The standard InChI is InChI=1S/C4H5Br3O2/c1-2(3(8)9)4(5,6)7/h2H,1H3,(H,8,9). The van der Waals surface area contributed by atoms with Crippen molar-refractivity contribution in [2.45, 2.75) is 9.07 Å². The van der Waals surface area contributed by atoms with Crippen LogP contribution in [0.2, 0.25) is 0 Å². The summed E-state index contributed by atoms with van der Waals surface area (Å²) in [5.41, 5.74) is 0. The van der Waals surface area contributed by atoms with Gasteiger partial charge in [-0.3, -0.25) is 4.79 Å². The van der Waals surface area contributed by atoms with Gasteiger partial charge in [0.1, 0.15) is 2.14 Å². The van der Waals surface area contributed by atoms with Crippen LogP contribution in [0, 0.1) is 5.92 Å². The highest BCUT2D eigenvalue weighted by Crippen LogP contribution is 2.40. The molecule has 1 unspecified atom stereocenters. The summed E-state index contributed by atoms with van der Waals surface area (Å²) < 4.78 is -0.682. The zero-order valence-corrected chi connectivity index (χ0v) is 9.32. The summed E-state index contributed by atoms with van der Waals surface area (Å²) in [6.45, 7) is 1.58. The summed E-state index contributed by atoms with van der Waals surface area (Å²) in [7, 11) is 0. The Bertz CT molecular complexity index is 117. The maximum Gasteiger partial charge on any atom is 0.309 e. The second kappa shape index (κ2) is 3.34. The molecule has 0 aliphatic heterocycles. The van der Waals surface area contributed by atoms with Crippen LogP contribution >= 0.6 is 47.8 Å². The van der Waals surface area contributed by atoms with Gasteiger partial charge in [-0.05, 0) is 6.92 Å². The Labute approximate surface area is 78.4 Å². The quantitative estimate of drug-likeness (QED) is 0.753. The summed E-state index contributed by atoms with van der Waals surface area (Å²) in [6.07, 6.45) is 0. The highest BCUT2D eigenvalue weighted by molar-refractivity contribution is 9.39. The smallest absolute Gasteiger partial charge is 0.309 e. The number of carbonyl (C=O) groups is 1. The van der Waals surface area contributed by atoms with Crippen molar-refractivity contribution in [2.75, 3.05) is 0 Å². The van der Waals surface area contributed by atoms with Crippen LogP contribution in [0.5, 0.6) is 0 Å². The third kappa shape index (κ3) is 3.57. The Morgan fingerprint density at radius 1 is 1.56 bits per heavy atom. The van der Waals surface area contributed by atoms with Crippen molar-refractivity contribution in [3.05, 3.63) is 0 Å². The summed E-state index contributed by atoms with van der Waals surface area (Å²) in [5, 5.41) is 8.43. The predicted octanol–water partition coefficient (Wildman–Crippen LogP) is 2.55. The number of halogens is 3. The average molecular weight is 325 g/mol. The van der Waals surface area contributed by atoms with E-state index in [0.29, 0.717) is 0 Å². The van der Waals surface area contributed by atoms with E-state index in [4.69, 9.17) is 5.11 Å². The van der Waals surface area contributed by atoms with Crippen LogP contribution in [-0.2, 0) is 4.79 Å². The molecule has 2 nitrogen and oxygen atoms in total. The fraction of sp³-hybridized carbons (Fsp3) is 0.750. The molecule has 1 atom stereocenters. The molecule has 0 spiro atoms. The van der Waals surface area contributed by atoms with E-state index in [1.54, 1.807) is 6.92 Å². The topological polar surface area (TPSA) is 37.3 Å². The molecular formula is C4H5Br3O2. The molecule has 0 aliphatic carbocycles. The van der Waals surface area contributed by atoms with Crippen LogP contribution < -0.4 is 0 Å². The molecule has 1 N–H and O–H groups in total. The normalized spacial score (nSPS) is 15.1. The minimum atomic E-state index is -0.861. The molecule has 0 heterocycles. The van der Waals surface area contributed by atoms with Crippen LogP contribution in [0.25, 0.3) is 0 Å². The number of hydrogen-bond donors (Lipinski definition) is 1. The molecular weight excluding hydrogens is 320 g/mol. The fourth-order valence-corrected chi connectivity index (χ4v) is 0.728. The molecule has 0 saturated carbocycles. The second-order valence-corrected chi connectivity index (χ2v) is 8.55. The number of alkyl halides is 3. The highest BCUT2D eigenvalue weighted by Gasteiger charge is 2.32. The Kier molecular flexibility index (Phi) is 3.68. The van der Waals surface area contributed by atoms with Crippen molar-refractivity contribution < 1.29 is 9.90 Å². The van der Waals surface area contributed by atoms with Gasteiger partial charge in [0.15, 0.2) is 0 Å². The van der Waals surface area contributed by atoms with E-state index in [1.807, 2.05) is 0 Å². The first kappa shape index (κ1) is 9.91. The second-order valence-electron chi connectivity index (χ2n) is 1.60. The highest BCUT2D eigenvalue weighted by atomic mass is 80.0. The first-order chi connectivity index (χ1) is 3.85. The summed E-state index contributed by atoms with van der Waals surface area (Å²) in [4.78, 5) is 10.3. The maximum atomic E-state index is 10.3. The Morgan fingerprint density at radius 3 is 1.89 bits per heavy atom. The van der Waals surface area contributed by atoms with Crippen molar-refractivity contribution in [1.29, 1.82) is 0 Å². The zero-order valence-electron chi connectivity index (χ0n) is 4.57. The first-order valence-electron chi connectivity index (χ1n) is 2.15. The van der Waals surface area contributed by atoms with Crippen molar-refractivity contribution >= 4 is 53.8 Å². The maximum absolute atomic E-state index is 10.3. The van der Waals surface area contributed by atoms with Crippen molar-refractivity contribution in [1.82, 2.24) is 0 Å². The molecule has 0 radical (unpaired) electrons. The van der Waals surface area contributed by atoms with E-state index in [2.05, 4.69) is 47.8 Å². The van der Waals surface area contributed by atoms with Gasteiger partial charge < -0.3 is 5.11 Å². The predicted molar refractivity (Wildman–Crippen MR) is 46.3 cm³/mol. The third-order valence-corrected chi connectivity index (χ3v) is 2.92. The molecule has 9 heavy (non-hydrogen) atoms. The molecule has 0 rings (SSSR count). The van der Waals surface area contributed by atoms with Gasteiger partial charge in [0.25, 0.3) is 0 Å². The molecule has 0 fully saturated rings. The van der Waals surface area contributed by atoms with E-state index in [-0.39, 0.29) is 0 Å². The van der Waals surface area contributed by atoms with Crippen LogP contribution in [0.3, 0.4) is 0 Å². The van der Waals surface area contributed by atoms with E-state index in [0.717, 1.165) is 0 Å². The Balaban J connectivity index is 4.04. The fourth-order valence-electron chi connectivity index (χ4n) is 0.140. The molecule has 54 valence electrons. The van der Waals surface area contributed by atoms with Crippen molar-refractivity contribution in [2.24, 2.45) is 5.92 Å². The molecule has 0 aromatic rings. The Hall–Kier alpha value is 0.910. The summed E-state index contributed by atoms with van der Waals surface area (Å²) >= 11 is 9.29. The van der Waals surface area contributed by atoms with Crippen LogP contribution in [0.4, 0.5) is 0 Å². The lowest BCUT2D eigenvalue weighted by Gasteiger charge is -2.15. The molecule has 0 amide bonds. The van der Waals surface area contributed by atoms with Gasteiger partial charge in [-0.25, -0.2) is 0 Å². The van der Waals surface area contributed by atoms with Gasteiger partial charge in [0.05, 0.1) is 5.92 Å². The van der Waals surface area contributed by atoms with E-state index in [1.165, 1.54) is 0 Å². The lowest BCUT2D eigenvalue weighted by atomic mass is 10.2. The number of rotatable bonds is 1. The van der Waals surface area contributed by atoms with Crippen LogP contribution in [0.1, 0.15) is 6.92 Å². The lowest BCUT2D eigenvalue weighted by Crippen LogP contribution is -2.22. The molecule has 0 aliphatic rings. The molecule has 0 aromatic carbocycles. The molecule has 0 aromatic heterocycles. The van der Waals surface area contributed by atoms with Crippen molar-refractivity contribution in [3.63, 3.8) is 0 Å². The number of carboxylic acids is 1. The Morgan fingerprint density at radius 2 is 1.89 bits per heavy atom. The van der Waals surface area contributed by atoms with Crippen molar-refractivity contribution in [3.8, 4) is 0 Å². The van der Waals surface area contributed by atoms with Gasteiger partial charge in [0, 0.05) is 0 Å². The SMILES string of the molecule is CC(C(=O)O)C(Br)(Br)Br. The summed E-state index contributed by atoms with van der Waals surface area (Å²) in [5.74, 6) is -1.38. The molecule has 0 bridgehead atoms. The number of carboxylic acid groups (broad SMARTS) is 1. The minimum Gasteiger partial charge on any atom is -0.481 e. The number of hydrogen-bond acceptors (Lipinski definition) is 1. The number of aliphatic carboxylic acids is 1. The van der Waals surface area contributed by atoms with Gasteiger partial charge in [-0.15, -0.1) is 0 Å². The zero-order chi connectivity index (χ0) is 7.65. The summed E-state index contributed by atoms with van der Waals surface area (Å²) in [6, 6.07) is 0. The van der Waals surface area contributed by atoms with Crippen LogP contribution in [0.15, 0.2) is 0 Å². The van der Waals surface area contributed by atoms with E-state index >= 15 is 0 Å².